The minimum Gasteiger partial charge on any atom is -0.369 e. The Morgan fingerprint density at radius 1 is 1.14 bits per heavy atom. The van der Waals surface area contributed by atoms with E-state index in [1.54, 1.807) is 11.3 Å². The van der Waals surface area contributed by atoms with Crippen molar-refractivity contribution >= 4 is 28.1 Å². The van der Waals surface area contributed by atoms with E-state index in [9.17, 15) is 0 Å². The molecule has 1 aromatic carbocycles. The second-order valence-corrected chi connectivity index (χ2v) is 6.11. The lowest BCUT2D eigenvalue weighted by molar-refractivity contribution is 0.969. The Balaban J connectivity index is 2.20. The fraction of sp³-hybridized carbons (Fsp3) is 0.312. The maximum Gasteiger partial charge on any atom is 0.181 e. The van der Waals surface area contributed by atoms with Crippen molar-refractivity contribution in [2.24, 2.45) is 0 Å². The van der Waals surface area contributed by atoms with Crippen LogP contribution in [0.3, 0.4) is 0 Å². The second-order valence-electron chi connectivity index (χ2n) is 5.05. The molecule has 4 nitrogen and oxygen atoms in total. The fourth-order valence-electron chi connectivity index (χ4n) is 2.25. The van der Waals surface area contributed by atoms with Gasteiger partial charge in [-0.1, -0.05) is 19.1 Å². The van der Waals surface area contributed by atoms with Crippen molar-refractivity contribution in [3.63, 3.8) is 0 Å². The van der Waals surface area contributed by atoms with Gasteiger partial charge in [-0.25, -0.2) is 15.0 Å². The number of hydrogen-bond acceptors (Lipinski definition) is 5. The van der Waals surface area contributed by atoms with Crippen molar-refractivity contribution in [2.75, 3.05) is 11.9 Å². The van der Waals surface area contributed by atoms with Crippen LogP contribution in [-0.2, 0) is 0 Å². The summed E-state index contributed by atoms with van der Waals surface area (Å²) in [5.74, 6) is 1.59. The van der Waals surface area contributed by atoms with E-state index >= 15 is 0 Å². The summed E-state index contributed by atoms with van der Waals surface area (Å²) in [5, 5.41) is 7.52. The summed E-state index contributed by atoms with van der Waals surface area (Å²) < 4.78 is 0. The molecule has 0 aliphatic heterocycles. The molecule has 0 unspecified atom stereocenters. The molecule has 0 saturated carbocycles. The first-order chi connectivity index (χ1) is 10.2. The molecule has 0 spiro atoms. The summed E-state index contributed by atoms with van der Waals surface area (Å²) in [6, 6.07) is 6.19. The van der Waals surface area contributed by atoms with E-state index in [1.165, 1.54) is 0 Å². The highest BCUT2D eigenvalue weighted by atomic mass is 32.1. The Morgan fingerprint density at radius 3 is 2.71 bits per heavy atom. The molecule has 3 rings (SSSR count). The topological polar surface area (TPSA) is 50.7 Å². The van der Waals surface area contributed by atoms with Crippen molar-refractivity contribution in [1.82, 2.24) is 15.0 Å². The summed E-state index contributed by atoms with van der Waals surface area (Å²) in [6.07, 6.45) is 1.06. The fourth-order valence-corrected chi connectivity index (χ4v) is 2.85. The van der Waals surface area contributed by atoms with Gasteiger partial charge >= 0.3 is 0 Å². The molecular weight excluding hydrogens is 280 g/mol. The van der Waals surface area contributed by atoms with Crippen LogP contribution in [0.25, 0.3) is 22.4 Å². The molecule has 5 heteroatoms. The van der Waals surface area contributed by atoms with Crippen LogP contribution < -0.4 is 5.32 Å². The number of fused-ring (bicyclic) bond motifs is 1. The summed E-state index contributed by atoms with van der Waals surface area (Å²) >= 11 is 1.62. The first-order valence-corrected chi connectivity index (χ1v) is 8.00. The van der Waals surface area contributed by atoms with Crippen LogP contribution in [0.4, 0.5) is 5.82 Å². The van der Waals surface area contributed by atoms with Crippen LogP contribution in [0.1, 0.15) is 23.9 Å². The van der Waals surface area contributed by atoms with Gasteiger partial charge in [-0.3, -0.25) is 0 Å². The number of anilines is 1. The number of nitrogens with zero attached hydrogens (tertiary/aromatic N) is 3. The average Bonchev–Trinajstić information content (AvgIpc) is 2.92. The smallest absolute Gasteiger partial charge is 0.181 e. The van der Waals surface area contributed by atoms with E-state index in [0.29, 0.717) is 5.82 Å². The van der Waals surface area contributed by atoms with E-state index in [2.05, 4.69) is 41.3 Å². The summed E-state index contributed by atoms with van der Waals surface area (Å²) in [5.41, 5.74) is 3.00. The highest BCUT2D eigenvalue weighted by Crippen LogP contribution is 2.27. The Bertz CT molecular complexity index is 779. The highest BCUT2D eigenvalue weighted by Gasteiger charge is 2.12. The van der Waals surface area contributed by atoms with Crippen LogP contribution in [0.2, 0.25) is 0 Å². The van der Waals surface area contributed by atoms with Crippen molar-refractivity contribution in [3.05, 3.63) is 34.2 Å². The summed E-state index contributed by atoms with van der Waals surface area (Å²) in [7, 11) is 0. The molecule has 0 saturated heterocycles. The van der Waals surface area contributed by atoms with Gasteiger partial charge in [0.1, 0.15) is 11.5 Å². The van der Waals surface area contributed by atoms with Gasteiger partial charge in [0, 0.05) is 17.3 Å². The van der Waals surface area contributed by atoms with Gasteiger partial charge in [-0.05, 0) is 31.9 Å². The van der Waals surface area contributed by atoms with Gasteiger partial charge in [-0.2, -0.15) is 0 Å². The van der Waals surface area contributed by atoms with E-state index in [4.69, 9.17) is 4.98 Å². The quantitative estimate of drug-likeness (QED) is 0.784. The maximum atomic E-state index is 4.72. The summed E-state index contributed by atoms with van der Waals surface area (Å²) in [4.78, 5) is 13.9. The highest BCUT2D eigenvalue weighted by molar-refractivity contribution is 7.09. The molecule has 0 atom stereocenters. The number of aromatic nitrogens is 3. The number of aryl methyl sites for hydroxylation is 2. The molecule has 0 aliphatic carbocycles. The molecule has 0 fully saturated rings. The van der Waals surface area contributed by atoms with E-state index in [1.807, 2.05) is 18.4 Å². The number of thiazole rings is 1. The first-order valence-electron chi connectivity index (χ1n) is 7.12. The second kappa shape index (κ2) is 5.77. The maximum absolute atomic E-state index is 4.72. The van der Waals surface area contributed by atoms with Crippen LogP contribution in [0.5, 0.6) is 0 Å². The number of para-hydroxylation sites is 1. The third-order valence-electron chi connectivity index (χ3n) is 3.32. The molecule has 0 aliphatic rings. The minimum absolute atomic E-state index is 0.694. The molecule has 2 aromatic heterocycles. The van der Waals surface area contributed by atoms with E-state index in [0.717, 1.165) is 46.0 Å². The standard InChI is InChI=1S/C16H18N4S/c1-4-8-17-15-12-7-5-6-10(2)14(12)19-16(20-15)13-9-21-11(3)18-13/h5-7,9H,4,8H2,1-3H3,(H,17,19,20). The lowest BCUT2D eigenvalue weighted by Gasteiger charge is -2.10. The van der Waals surface area contributed by atoms with Gasteiger partial charge in [-0.15, -0.1) is 11.3 Å². The van der Waals surface area contributed by atoms with Crippen LogP contribution >= 0.6 is 11.3 Å². The zero-order valence-electron chi connectivity index (χ0n) is 12.5. The van der Waals surface area contributed by atoms with Crippen molar-refractivity contribution in [2.45, 2.75) is 27.2 Å². The van der Waals surface area contributed by atoms with Crippen LogP contribution in [0.15, 0.2) is 23.6 Å². The molecule has 3 aromatic rings. The molecule has 0 bridgehead atoms. The van der Waals surface area contributed by atoms with Gasteiger partial charge in [0.25, 0.3) is 0 Å². The van der Waals surface area contributed by atoms with Gasteiger partial charge < -0.3 is 5.32 Å². The Kier molecular flexibility index (Phi) is 3.84. The van der Waals surface area contributed by atoms with E-state index < -0.39 is 0 Å². The van der Waals surface area contributed by atoms with Crippen molar-refractivity contribution in [1.29, 1.82) is 0 Å². The molecule has 2 heterocycles. The largest absolute Gasteiger partial charge is 0.369 e. The zero-order valence-corrected chi connectivity index (χ0v) is 13.3. The third kappa shape index (κ3) is 2.74. The number of nitrogens with one attached hydrogen (secondary N) is 1. The average molecular weight is 298 g/mol. The minimum atomic E-state index is 0.694. The Labute approximate surface area is 128 Å². The SMILES string of the molecule is CCCNc1nc(-c2csc(C)n2)nc2c(C)cccc12. The molecule has 1 N–H and O–H groups in total. The van der Waals surface area contributed by atoms with Gasteiger partial charge in [0.2, 0.25) is 0 Å². The Morgan fingerprint density at radius 2 is 2.00 bits per heavy atom. The molecule has 0 amide bonds. The number of benzene rings is 1. The molecular formula is C16H18N4S. The zero-order chi connectivity index (χ0) is 14.8. The molecule has 21 heavy (non-hydrogen) atoms. The van der Waals surface area contributed by atoms with Crippen LogP contribution in [0, 0.1) is 13.8 Å². The molecule has 108 valence electrons. The first kappa shape index (κ1) is 13.9. The number of hydrogen-bond donors (Lipinski definition) is 1. The predicted octanol–water partition coefficient (Wildman–Crippen LogP) is 4.19. The monoisotopic (exact) mass is 298 g/mol. The Hall–Kier alpha value is -2.01. The van der Waals surface area contributed by atoms with Crippen LogP contribution in [-0.4, -0.2) is 21.5 Å². The lowest BCUT2D eigenvalue weighted by atomic mass is 10.1. The van der Waals surface area contributed by atoms with Gasteiger partial charge in [0.15, 0.2) is 5.82 Å². The number of rotatable bonds is 4. The molecule has 0 radical (unpaired) electrons. The predicted molar refractivity (Wildman–Crippen MR) is 88.9 cm³/mol. The normalized spacial score (nSPS) is 11.0. The third-order valence-corrected chi connectivity index (χ3v) is 4.09. The summed E-state index contributed by atoms with van der Waals surface area (Å²) in [6.45, 7) is 7.12. The van der Waals surface area contributed by atoms with Crippen molar-refractivity contribution < 1.29 is 0 Å². The van der Waals surface area contributed by atoms with Crippen molar-refractivity contribution in [3.8, 4) is 11.5 Å². The lowest BCUT2D eigenvalue weighted by Crippen LogP contribution is -2.05. The van der Waals surface area contributed by atoms with E-state index in [-0.39, 0.29) is 0 Å². The van der Waals surface area contributed by atoms with Gasteiger partial charge in [0.05, 0.1) is 10.5 Å².